The van der Waals surface area contributed by atoms with Gasteiger partial charge in [0, 0.05) is 19.2 Å². The first-order chi connectivity index (χ1) is 12.7. The summed E-state index contributed by atoms with van der Waals surface area (Å²) in [5.74, 6) is 0.283. The molecule has 0 saturated heterocycles. The van der Waals surface area contributed by atoms with Crippen LogP contribution >= 0.6 is 0 Å². The van der Waals surface area contributed by atoms with E-state index in [1.807, 2.05) is 66.7 Å². The van der Waals surface area contributed by atoms with Crippen molar-refractivity contribution in [3.63, 3.8) is 0 Å². The maximum atomic E-state index is 11.4. The lowest BCUT2D eigenvalue weighted by Gasteiger charge is -2.09. The van der Waals surface area contributed by atoms with Crippen LogP contribution in [0.3, 0.4) is 0 Å². The number of rotatable bonds is 8. The van der Waals surface area contributed by atoms with Gasteiger partial charge >= 0.3 is 5.69 Å². The van der Waals surface area contributed by atoms with Crippen molar-refractivity contribution < 1.29 is 9.66 Å². The van der Waals surface area contributed by atoms with Gasteiger partial charge < -0.3 is 10.1 Å². The first-order valence-electron chi connectivity index (χ1n) is 8.41. The first-order valence-corrected chi connectivity index (χ1v) is 8.41. The Labute approximate surface area is 152 Å². The number of nitrogens with zero attached hydrogens (tertiary/aromatic N) is 1. The van der Waals surface area contributed by atoms with E-state index in [1.54, 1.807) is 12.1 Å². The second kappa shape index (κ2) is 8.78. The molecule has 0 fully saturated rings. The molecule has 26 heavy (non-hydrogen) atoms. The zero-order chi connectivity index (χ0) is 18.2. The zero-order valence-electron chi connectivity index (χ0n) is 14.3. The van der Waals surface area contributed by atoms with E-state index in [1.165, 1.54) is 5.56 Å². The van der Waals surface area contributed by atoms with Crippen LogP contribution in [0.1, 0.15) is 16.7 Å². The Bertz CT molecular complexity index is 852. The maximum absolute atomic E-state index is 11.4. The number of hydrogen-bond acceptors (Lipinski definition) is 4. The highest BCUT2D eigenvalue weighted by molar-refractivity contribution is 5.48. The minimum absolute atomic E-state index is 0.0139. The summed E-state index contributed by atoms with van der Waals surface area (Å²) in [5.41, 5.74) is 2.97. The molecule has 3 aromatic carbocycles. The van der Waals surface area contributed by atoms with E-state index in [9.17, 15) is 10.1 Å². The average molecular weight is 348 g/mol. The van der Waals surface area contributed by atoms with Gasteiger partial charge in [-0.3, -0.25) is 10.1 Å². The van der Waals surface area contributed by atoms with Crippen LogP contribution < -0.4 is 10.1 Å². The fraction of sp³-hybridized carbons (Fsp3) is 0.143. The molecule has 0 heterocycles. The predicted molar refractivity (Wildman–Crippen MR) is 101 cm³/mol. The molecular formula is C21H20N2O3. The van der Waals surface area contributed by atoms with E-state index in [0.717, 1.165) is 11.1 Å². The van der Waals surface area contributed by atoms with E-state index in [4.69, 9.17) is 4.74 Å². The van der Waals surface area contributed by atoms with Crippen LogP contribution in [0.25, 0.3) is 0 Å². The average Bonchev–Trinajstić information content (AvgIpc) is 2.68. The molecular weight excluding hydrogens is 328 g/mol. The molecule has 0 amide bonds. The number of hydrogen-bond donors (Lipinski definition) is 1. The number of benzene rings is 3. The quantitative estimate of drug-likeness (QED) is 0.482. The Balaban J connectivity index is 1.63. The van der Waals surface area contributed by atoms with Gasteiger partial charge in [0.25, 0.3) is 0 Å². The van der Waals surface area contributed by atoms with Gasteiger partial charge in [-0.05, 0) is 22.8 Å². The van der Waals surface area contributed by atoms with E-state index in [0.29, 0.717) is 19.7 Å². The summed E-state index contributed by atoms with van der Waals surface area (Å²) in [6, 6.07) is 24.7. The Morgan fingerprint density at radius 1 is 0.808 bits per heavy atom. The standard InChI is InChI=1S/C21H20N2O3/c24-23(25)20-13-19(15-22-14-17-7-3-1-4-8-17)11-12-21(20)26-16-18-9-5-2-6-10-18/h1-13,22H,14-16H2. The topological polar surface area (TPSA) is 64.4 Å². The molecule has 1 N–H and O–H groups in total. The minimum atomic E-state index is -0.402. The number of ether oxygens (including phenoxy) is 1. The molecule has 0 unspecified atom stereocenters. The fourth-order valence-electron chi connectivity index (χ4n) is 2.62. The van der Waals surface area contributed by atoms with Crippen molar-refractivity contribution in [3.05, 3.63) is 106 Å². The predicted octanol–water partition coefficient (Wildman–Crippen LogP) is 4.46. The van der Waals surface area contributed by atoms with Crippen LogP contribution in [0.2, 0.25) is 0 Å². The monoisotopic (exact) mass is 348 g/mol. The molecule has 132 valence electrons. The lowest BCUT2D eigenvalue weighted by molar-refractivity contribution is -0.386. The molecule has 5 heteroatoms. The summed E-state index contributed by atoms with van der Waals surface area (Å²) < 4.78 is 5.65. The molecule has 5 nitrogen and oxygen atoms in total. The molecule has 0 bridgehead atoms. The smallest absolute Gasteiger partial charge is 0.311 e. The van der Waals surface area contributed by atoms with E-state index < -0.39 is 4.92 Å². The van der Waals surface area contributed by atoms with Crippen LogP contribution in [-0.4, -0.2) is 4.92 Å². The molecule has 0 radical (unpaired) electrons. The molecule has 3 aromatic rings. The third kappa shape index (κ3) is 4.91. The van der Waals surface area contributed by atoms with Crippen LogP contribution in [0.15, 0.2) is 78.9 Å². The van der Waals surface area contributed by atoms with Gasteiger partial charge in [0.1, 0.15) is 6.61 Å². The van der Waals surface area contributed by atoms with Gasteiger partial charge in [-0.2, -0.15) is 0 Å². The SMILES string of the molecule is O=[N+]([O-])c1cc(CNCc2ccccc2)ccc1OCc1ccccc1. The molecule has 0 aliphatic rings. The number of nitrogens with one attached hydrogen (secondary N) is 1. The Morgan fingerprint density at radius 2 is 1.42 bits per heavy atom. The summed E-state index contributed by atoms with van der Waals surface area (Å²) in [6.07, 6.45) is 0. The zero-order valence-corrected chi connectivity index (χ0v) is 14.3. The lowest BCUT2D eigenvalue weighted by atomic mass is 10.1. The van der Waals surface area contributed by atoms with Crippen molar-refractivity contribution in [1.29, 1.82) is 0 Å². The maximum Gasteiger partial charge on any atom is 0.311 e. The van der Waals surface area contributed by atoms with Gasteiger partial charge in [-0.15, -0.1) is 0 Å². The van der Waals surface area contributed by atoms with Gasteiger partial charge in [-0.25, -0.2) is 0 Å². The molecule has 0 spiro atoms. The molecule has 0 aromatic heterocycles. The van der Waals surface area contributed by atoms with Crippen molar-refractivity contribution in [2.45, 2.75) is 19.7 Å². The van der Waals surface area contributed by atoms with E-state index in [-0.39, 0.29) is 11.4 Å². The Hall–Kier alpha value is -3.18. The van der Waals surface area contributed by atoms with Crippen LogP contribution in [0, 0.1) is 10.1 Å². The van der Waals surface area contributed by atoms with E-state index >= 15 is 0 Å². The molecule has 0 saturated carbocycles. The molecule has 0 atom stereocenters. The summed E-state index contributed by atoms with van der Waals surface area (Å²) in [7, 11) is 0. The Morgan fingerprint density at radius 3 is 2.08 bits per heavy atom. The number of nitro groups is 1. The highest BCUT2D eigenvalue weighted by Gasteiger charge is 2.16. The summed E-state index contributed by atoms with van der Waals surface area (Å²) >= 11 is 0. The van der Waals surface area contributed by atoms with Gasteiger partial charge in [-0.1, -0.05) is 66.7 Å². The minimum Gasteiger partial charge on any atom is -0.482 e. The summed E-state index contributed by atoms with van der Waals surface area (Å²) in [5, 5.41) is 14.7. The van der Waals surface area contributed by atoms with Gasteiger partial charge in [0.15, 0.2) is 5.75 Å². The van der Waals surface area contributed by atoms with Gasteiger partial charge in [0.2, 0.25) is 0 Å². The third-order valence-electron chi connectivity index (χ3n) is 3.96. The fourth-order valence-corrected chi connectivity index (χ4v) is 2.62. The molecule has 0 aliphatic carbocycles. The highest BCUT2D eigenvalue weighted by Crippen LogP contribution is 2.28. The Kier molecular flexibility index (Phi) is 5.96. The van der Waals surface area contributed by atoms with Crippen LogP contribution in [0.5, 0.6) is 5.75 Å². The molecule has 0 aliphatic heterocycles. The second-order valence-electron chi connectivity index (χ2n) is 5.92. The third-order valence-corrected chi connectivity index (χ3v) is 3.96. The van der Waals surface area contributed by atoms with E-state index in [2.05, 4.69) is 5.32 Å². The first kappa shape index (κ1) is 17.6. The van der Waals surface area contributed by atoms with Crippen molar-refractivity contribution in [1.82, 2.24) is 5.32 Å². The van der Waals surface area contributed by atoms with Crippen molar-refractivity contribution in [2.24, 2.45) is 0 Å². The van der Waals surface area contributed by atoms with Crippen LogP contribution in [0.4, 0.5) is 5.69 Å². The van der Waals surface area contributed by atoms with Crippen molar-refractivity contribution >= 4 is 5.69 Å². The summed E-state index contributed by atoms with van der Waals surface area (Å²) in [4.78, 5) is 11.0. The highest BCUT2D eigenvalue weighted by atomic mass is 16.6. The van der Waals surface area contributed by atoms with Crippen molar-refractivity contribution in [2.75, 3.05) is 0 Å². The summed E-state index contributed by atoms with van der Waals surface area (Å²) in [6.45, 7) is 1.56. The molecule has 3 rings (SSSR count). The normalized spacial score (nSPS) is 10.5. The number of nitro benzene ring substituents is 1. The van der Waals surface area contributed by atoms with Gasteiger partial charge in [0.05, 0.1) is 4.92 Å². The second-order valence-corrected chi connectivity index (χ2v) is 5.92. The van der Waals surface area contributed by atoms with Crippen molar-refractivity contribution in [3.8, 4) is 5.75 Å². The lowest BCUT2D eigenvalue weighted by Crippen LogP contribution is -2.12. The van der Waals surface area contributed by atoms with Crippen LogP contribution in [-0.2, 0) is 19.7 Å². The largest absolute Gasteiger partial charge is 0.482 e.